The first-order chi connectivity index (χ1) is 13.3. The van der Waals surface area contributed by atoms with Gasteiger partial charge in [-0.15, -0.1) is 0 Å². The van der Waals surface area contributed by atoms with E-state index in [0.717, 1.165) is 0 Å². The van der Waals surface area contributed by atoms with E-state index < -0.39 is 32.4 Å². The predicted molar refractivity (Wildman–Crippen MR) is 99.7 cm³/mol. The van der Waals surface area contributed by atoms with Crippen molar-refractivity contribution in [3.8, 4) is 11.5 Å². The van der Waals surface area contributed by atoms with E-state index in [9.17, 15) is 18.3 Å². The molecule has 1 aliphatic carbocycles. The standard InChI is InChI=1S/C19H17ClO7S/c1-25-9-19(18(21)22)16(11-2-7-14-15(8-11)27-10-26-14)17(19)28(23,24)13-5-3-12(20)4-6-13/h2-8,16-17H,9-10H2,1H3,(H,21,22)/t16-,17+,19-/m1/s1. The van der Waals surface area contributed by atoms with Crippen molar-refractivity contribution in [2.24, 2.45) is 5.41 Å². The smallest absolute Gasteiger partial charge is 0.314 e. The van der Waals surface area contributed by atoms with E-state index in [1.807, 2.05) is 0 Å². The van der Waals surface area contributed by atoms with Crippen LogP contribution < -0.4 is 9.47 Å². The zero-order chi connectivity index (χ0) is 20.1. The van der Waals surface area contributed by atoms with Crippen LogP contribution in [0.1, 0.15) is 11.5 Å². The Bertz CT molecular complexity index is 1030. The van der Waals surface area contributed by atoms with Crippen LogP contribution in [0.3, 0.4) is 0 Å². The van der Waals surface area contributed by atoms with E-state index in [-0.39, 0.29) is 18.3 Å². The Hall–Kier alpha value is -2.29. The van der Waals surface area contributed by atoms with Crippen LogP contribution in [0.15, 0.2) is 47.4 Å². The average Bonchev–Trinajstić information content (AvgIpc) is 3.13. The summed E-state index contributed by atoms with van der Waals surface area (Å²) in [6.07, 6.45) is 0. The van der Waals surface area contributed by atoms with E-state index >= 15 is 0 Å². The number of methoxy groups -OCH3 is 1. The molecule has 4 rings (SSSR count). The fourth-order valence-corrected chi connectivity index (χ4v) is 6.42. The second-order valence-electron chi connectivity index (χ2n) is 6.79. The third kappa shape index (κ3) is 2.75. The molecule has 2 aromatic rings. The number of sulfone groups is 1. The fraction of sp³-hybridized carbons (Fsp3) is 0.316. The molecule has 1 heterocycles. The number of fused-ring (bicyclic) bond motifs is 1. The summed E-state index contributed by atoms with van der Waals surface area (Å²) >= 11 is 5.86. The highest BCUT2D eigenvalue weighted by atomic mass is 35.5. The Morgan fingerprint density at radius 3 is 2.54 bits per heavy atom. The molecular formula is C19H17ClO7S. The van der Waals surface area contributed by atoms with E-state index in [4.69, 9.17) is 25.8 Å². The molecule has 1 N–H and O–H groups in total. The van der Waals surface area contributed by atoms with Crippen LogP contribution in [0.2, 0.25) is 5.02 Å². The van der Waals surface area contributed by atoms with Gasteiger partial charge in [0.05, 0.1) is 16.8 Å². The molecule has 1 aliphatic heterocycles. The first kappa shape index (κ1) is 19.0. The van der Waals surface area contributed by atoms with Crippen LogP contribution in [0.25, 0.3) is 0 Å². The molecule has 3 atom stereocenters. The molecule has 7 nitrogen and oxygen atoms in total. The van der Waals surface area contributed by atoms with E-state index in [1.165, 1.54) is 31.4 Å². The number of ether oxygens (including phenoxy) is 3. The first-order valence-electron chi connectivity index (χ1n) is 8.43. The number of hydrogen-bond donors (Lipinski definition) is 1. The van der Waals surface area contributed by atoms with Crippen LogP contribution in [-0.4, -0.2) is 45.3 Å². The zero-order valence-corrected chi connectivity index (χ0v) is 16.4. The van der Waals surface area contributed by atoms with E-state index in [2.05, 4.69) is 0 Å². The highest BCUT2D eigenvalue weighted by Crippen LogP contribution is 2.65. The molecule has 0 radical (unpaired) electrons. The van der Waals surface area contributed by atoms with Gasteiger partial charge >= 0.3 is 5.97 Å². The SMILES string of the molecule is COC[C@@]1(C(=O)O)[C@H](c2ccc3c(c2)OCO3)[C@@H]1S(=O)(=O)c1ccc(Cl)cc1. The molecule has 2 aromatic carbocycles. The van der Waals surface area contributed by atoms with Gasteiger partial charge in [-0.3, -0.25) is 4.79 Å². The van der Waals surface area contributed by atoms with Crippen LogP contribution >= 0.6 is 11.6 Å². The minimum Gasteiger partial charge on any atom is -0.481 e. The van der Waals surface area contributed by atoms with Gasteiger partial charge in [-0.05, 0) is 42.0 Å². The van der Waals surface area contributed by atoms with Gasteiger partial charge < -0.3 is 19.3 Å². The number of benzene rings is 2. The highest BCUT2D eigenvalue weighted by molar-refractivity contribution is 7.92. The summed E-state index contributed by atoms with van der Waals surface area (Å²) < 4.78 is 42.4. The molecule has 1 fully saturated rings. The van der Waals surface area contributed by atoms with Crippen molar-refractivity contribution < 1.29 is 32.5 Å². The summed E-state index contributed by atoms with van der Waals surface area (Å²) in [6.45, 7) is -0.170. The summed E-state index contributed by atoms with van der Waals surface area (Å²) in [4.78, 5) is 12.2. The minimum atomic E-state index is -3.96. The maximum absolute atomic E-state index is 13.3. The third-order valence-electron chi connectivity index (χ3n) is 5.27. The number of carboxylic acid groups (broad SMARTS) is 1. The van der Waals surface area contributed by atoms with Gasteiger partial charge in [0.2, 0.25) is 6.79 Å². The van der Waals surface area contributed by atoms with Gasteiger partial charge in [-0.2, -0.15) is 0 Å². The van der Waals surface area contributed by atoms with Gasteiger partial charge in [0, 0.05) is 18.1 Å². The Kier molecular flexibility index (Phi) is 4.52. The van der Waals surface area contributed by atoms with Crippen LogP contribution in [0, 0.1) is 5.41 Å². The molecule has 0 spiro atoms. The van der Waals surface area contributed by atoms with Crippen molar-refractivity contribution in [3.63, 3.8) is 0 Å². The normalized spacial score (nSPS) is 25.5. The van der Waals surface area contributed by atoms with Gasteiger partial charge in [0.1, 0.15) is 5.41 Å². The van der Waals surface area contributed by atoms with E-state index in [0.29, 0.717) is 22.1 Å². The summed E-state index contributed by atoms with van der Waals surface area (Å²) in [5.74, 6) is -1.02. The third-order valence-corrected chi connectivity index (χ3v) is 7.81. The van der Waals surface area contributed by atoms with Crippen molar-refractivity contribution >= 4 is 27.4 Å². The largest absolute Gasteiger partial charge is 0.481 e. The minimum absolute atomic E-state index is 0.0203. The molecule has 9 heteroatoms. The molecule has 28 heavy (non-hydrogen) atoms. The maximum Gasteiger partial charge on any atom is 0.314 e. The number of hydrogen-bond acceptors (Lipinski definition) is 6. The molecule has 148 valence electrons. The monoisotopic (exact) mass is 424 g/mol. The molecule has 2 aliphatic rings. The van der Waals surface area contributed by atoms with E-state index in [1.54, 1.807) is 18.2 Å². The number of carbonyl (C=O) groups is 1. The van der Waals surface area contributed by atoms with Crippen molar-refractivity contribution in [1.82, 2.24) is 0 Å². The Morgan fingerprint density at radius 2 is 1.89 bits per heavy atom. The summed E-state index contributed by atoms with van der Waals surface area (Å²) in [5.41, 5.74) is -1.05. The summed E-state index contributed by atoms with van der Waals surface area (Å²) in [7, 11) is -2.61. The Balaban J connectivity index is 1.81. The molecule has 0 bridgehead atoms. The van der Waals surface area contributed by atoms with Crippen molar-refractivity contribution in [2.75, 3.05) is 20.5 Å². The lowest BCUT2D eigenvalue weighted by Gasteiger charge is -2.12. The second-order valence-corrected chi connectivity index (χ2v) is 9.29. The quantitative estimate of drug-likeness (QED) is 0.761. The van der Waals surface area contributed by atoms with Crippen molar-refractivity contribution in [3.05, 3.63) is 53.1 Å². The van der Waals surface area contributed by atoms with Gasteiger partial charge in [-0.1, -0.05) is 17.7 Å². The Labute approximate surface area is 166 Å². The average molecular weight is 425 g/mol. The van der Waals surface area contributed by atoms with Crippen molar-refractivity contribution in [2.45, 2.75) is 16.1 Å². The van der Waals surface area contributed by atoms with Gasteiger partial charge in [-0.25, -0.2) is 8.42 Å². The molecule has 0 saturated heterocycles. The molecular weight excluding hydrogens is 408 g/mol. The van der Waals surface area contributed by atoms with Crippen LogP contribution in [-0.2, 0) is 19.4 Å². The first-order valence-corrected chi connectivity index (χ1v) is 10.4. The summed E-state index contributed by atoms with van der Waals surface area (Å²) in [5, 5.41) is 9.17. The lowest BCUT2D eigenvalue weighted by atomic mass is 9.99. The molecule has 0 amide bonds. The molecule has 0 aromatic heterocycles. The summed E-state index contributed by atoms with van der Waals surface area (Å²) in [6, 6.07) is 10.6. The van der Waals surface area contributed by atoms with Crippen LogP contribution in [0.4, 0.5) is 0 Å². The number of halogens is 1. The fourth-order valence-electron chi connectivity index (χ4n) is 3.94. The zero-order valence-electron chi connectivity index (χ0n) is 14.8. The lowest BCUT2D eigenvalue weighted by Crippen LogP contribution is -2.28. The second kappa shape index (κ2) is 6.65. The predicted octanol–water partition coefficient (Wildman–Crippen LogP) is 2.73. The number of rotatable bonds is 6. The van der Waals surface area contributed by atoms with Gasteiger partial charge in [0.15, 0.2) is 21.3 Å². The Morgan fingerprint density at radius 1 is 1.21 bits per heavy atom. The number of aliphatic carboxylic acids is 1. The lowest BCUT2D eigenvalue weighted by molar-refractivity contribution is -0.145. The topological polar surface area (TPSA) is 99.1 Å². The maximum atomic E-state index is 13.3. The molecule has 1 saturated carbocycles. The van der Waals surface area contributed by atoms with Crippen LogP contribution in [0.5, 0.6) is 11.5 Å². The van der Waals surface area contributed by atoms with Gasteiger partial charge in [0.25, 0.3) is 0 Å². The molecule has 0 unspecified atom stereocenters. The number of carboxylic acids is 1. The van der Waals surface area contributed by atoms with Crippen molar-refractivity contribution in [1.29, 1.82) is 0 Å². The highest BCUT2D eigenvalue weighted by Gasteiger charge is 2.76.